The highest BCUT2D eigenvalue weighted by Gasteiger charge is 2.87. The van der Waals surface area contributed by atoms with Crippen molar-refractivity contribution in [3.05, 3.63) is 0 Å². The SMILES string of the molecule is CCNC1C2CC3C4OC4CC(OC(C)=O)C31C1CC3C(OC)CC2(O)C1(O)C3OC. The third kappa shape index (κ3) is 2.16. The lowest BCUT2D eigenvalue weighted by molar-refractivity contribution is -0.311. The summed E-state index contributed by atoms with van der Waals surface area (Å²) >= 11 is 0. The Morgan fingerprint density at radius 1 is 1.16 bits per heavy atom. The van der Waals surface area contributed by atoms with E-state index in [0.29, 0.717) is 19.3 Å². The van der Waals surface area contributed by atoms with Crippen LogP contribution in [0, 0.1) is 29.1 Å². The molecule has 8 nitrogen and oxygen atoms in total. The molecule has 0 aromatic rings. The zero-order valence-corrected chi connectivity index (χ0v) is 18.7. The number of ether oxygens (including phenoxy) is 4. The van der Waals surface area contributed by atoms with Gasteiger partial charge >= 0.3 is 5.97 Å². The van der Waals surface area contributed by atoms with E-state index in [9.17, 15) is 15.0 Å². The predicted octanol–water partition coefficient (Wildman–Crippen LogP) is 0.235. The van der Waals surface area contributed by atoms with Crippen LogP contribution in [0.3, 0.4) is 0 Å². The van der Waals surface area contributed by atoms with Crippen molar-refractivity contribution in [3.8, 4) is 0 Å². The number of methoxy groups -OCH3 is 2. The Balaban J connectivity index is 1.58. The summed E-state index contributed by atoms with van der Waals surface area (Å²) in [5.41, 5.74) is -3.25. The molecule has 0 radical (unpaired) electrons. The smallest absolute Gasteiger partial charge is 0.302 e. The van der Waals surface area contributed by atoms with Gasteiger partial charge in [-0.05, 0) is 25.3 Å². The second-order valence-electron chi connectivity index (χ2n) is 10.8. The standard InChI is InChI=1S/C23H35NO7/c1-5-24-19-13-7-12-18-14(31-18)8-17(30-10(2)25)22(12,19)16-6-11-15(28-3)9-21(13,26)23(16,27)20(11)29-4/h11-20,24,26-27H,5-9H2,1-4H3. The van der Waals surface area contributed by atoms with Crippen molar-refractivity contribution in [2.45, 2.75) is 87.3 Å². The number of epoxide rings is 1. The maximum atomic E-state index is 12.4. The molecule has 0 aromatic carbocycles. The summed E-state index contributed by atoms with van der Waals surface area (Å²) in [5, 5.41) is 28.5. The van der Waals surface area contributed by atoms with Crippen molar-refractivity contribution < 1.29 is 34.0 Å². The molecule has 3 N–H and O–H groups in total. The van der Waals surface area contributed by atoms with E-state index in [1.165, 1.54) is 6.92 Å². The van der Waals surface area contributed by atoms with E-state index in [1.807, 2.05) is 0 Å². The van der Waals surface area contributed by atoms with Gasteiger partial charge in [-0.2, -0.15) is 0 Å². The van der Waals surface area contributed by atoms with E-state index < -0.39 is 22.7 Å². The first-order valence-electron chi connectivity index (χ1n) is 11.8. The average Bonchev–Trinajstić information content (AvgIpc) is 3.34. The maximum Gasteiger partial charge on any atom is 0.302 e. The van der Waals surface area contributed by atoms with E-state index in [2.05, 4.69) is 12.2 Å². The van der Waals surface area contributed by atoms with Crippen LogP contribution < -0.4 is 5.32 Å². The van der Waals surface area contributed by atoms with Crippen molar-refractivity contribution in [1.82, 2.24) is 5.32 Å². The van der Waals surface area contributed by atoms with Crippen molar-refractivity contribution in [1.29, 1.82) is 0 Å². The molecule has 6 fully saturated rings. The minimum absolute atomic E-state index is 0.0160. The van der Waals surface area contributed by atoms with Gasteiger partial charge in [0.2, 0.25) is 0 Å². The summed E-state index contributed by atoms with van der Waals surface area (Å²) in [6, 6.07) is -0.0702. The number of carbonyl (C=O) groups is 1. The average molecular weight is 438 g/mol. The van der Waals surface area contributed by atoms with E-state index in [4.69, 9.17) is 18.9 Å². The van der Waals surface area contributed by atoms with Crippen LogP contribution in [0.2, 0.25) is 0 Å². The largest absolute Gasteiger partial charge is 0.462 e. The van der Waals surface area contributed by atoms with Gasteiger partial charge in [0.15, 0.2) is 0 Å². The number of nitrogens with one attached hydrogen (secondary N) is 1. The molecular weight excluding hydrogens is 402 g/mol. The number of carbonyl (C=O) groups excluding carboxylic acids is 1. The molecule has 0 aromatic heterocycles. The summed E-state index contributed by atoms with van der Waals surface area (Å²) < 4.78 is 23.9. The molecule has 6 aliphatic rings. The van der Waals surface area contributed by atoms with Gasteiger partial charge in [-0.15, -0.1) is 0 Å². The van der Waals surface area contributed by atoms with Crippen molar-refractivity contribution in [3.63, 3.8) is 0 Å². The summed E-state index contributed by atoms with van der Waals surface area (Å²) in [5.74, 6) is -0.664. The fraction of sp³-hybridized carbons (Fsp3) is 0.957. The Labute approximate surface area is 182 Å². The second kappa shape index (κ2) is 6.42. The van der Waals surface area contributed by atoms with Crippen LogP contribution >= 0.6 is 0 Å². The highest BCUT2D eigenvalue weighted by molar-refractivity contribution is 5.66. The molecular formula is C23H35NO7. The van der Waals surface area contributed by atoms with Gasteiger partial charge in [-0.3, -0.25) is 4.79 Å². The van der Waals surface area contributed by atoms with Gasteiger partial charge in [0.05, 0.1) is 24.4 Å². The predicted molar refractivity (Wildman–Crippen MR) is 108 cm³/mol. The molecule has 5 aliphatic carbocycles. The van der Waals surface area contributed by atoms with Crippen LogP contribution in [0.1, 0.15) is 39.5 Å². The highest BCUT2D eigenvalue weighted by Crippen LogP contribution is 2.77. The van der Waals surface area contributed by atoms with Gasteiger partial charge in [-0.1, -0.05) is 6.92 Å². The van der Waals surface area contributed by atoms with Crippen LogP contribution in [-0.4, -0.2) is 84.7 Å². The van der Waals surface area contributed by atoms with Crippen molar-refractivity contribution >= 4 is 5.97 Å². The maximum absolute atomic E-state index is 12.4. The van der Waals surface area contributed by atoms with E-state index in [1.54, 1.807) is 14.2 Å². The zero-order valence-electron chi connectivity index (χ0n) is 18.7. The molecule has 8 heteroatoms. The molecule has 6 rings (SSSR count). The highest BCUT2D eigenvalue weighted by atomic mass is 16.6. The van der Waals surface area contributed by atoms with Crippen LogP contribution in [0.15, 0.2) is 0 Å². The Morgan fingerprint density at radius 3 is 2.58 bits per heavy atom. The quantitative estimate of drug-likeness (QED) is 0.414. The Hall–Kier alpha value is -0.770. The molecule has 1 heterocycles. The van der Waals surface area contributed by atoms with Gasteiger partial charge in [0.25, 0.3) is 0 Å². The van der Waals surface area contributed by atoms with Crippen LogP contribution in [-0.2, 0) is 23.7 Å². The van der Waals surface area contributed by atoms with E-state index in [0.717, 1.165) is 13.0 Å². The summed E-state index contributed by atoms with van der Waals surface area (Å²) in [7, 11) is 3.30. The fourth-order valence-electron chi connectivity index (χ4n) is 9.49. The molecule has 1 aliphatic heterocycles. The minimum atomic E-state index is -1.41. The normalized spacial score (nSPS) is 60.3. The van der Waals surface area contributed by atoms with E-state index >= 15 is 0 Å². The summed E-state index contributed by atoms with van der Waals surface area (Å²) in [6.07, 6.45) is 1.62. The van der Waals surface area contributed by atoms with E-state index in [-0.39, 0.29) is 60.1 Å². The first-order valence-corrected chi connectivity index (χ1v) is 11.8. The third-order valence-electron chi connectivity index (χ3n) is 10.2. The Morgan fingerprint density at radius 2 is 1.94 bits per heavy atom. The number of aliphatic hydroxyl groups is 2. The zero-order chi connectivity index (χ0) is 21.9. The molecule has 174 valence electrons. The summed E-state index contributed by atoms with van der Waals surface area (Å²) in [4.78, 5) is 12.2. The molecule has 5 saturated carbocycles. The number of fused-ring (bicyclic) bond motifs is 5. The van der Waals surface area contributed by atoms with Crippen LogP contribution in [0.4, 0.5) is 0 Å². The van der Waals surface area contributed by atoms with Gasteiger partial charge < -0.3 is 34.5 Å². The van der Waals surface area contributed by atoms with Gasteiger partial charge in [0.1, 0.15) is 17.3 Å². The molecule has 13 atom stereocenters. The van der Waals surface area contributed by atoms with Crippen molar-refractivity contribution in [2.75, 3.05) is 20.8 Å². The van der Waals surface area contributed by atoms with Gasteiger partial charge in [-0.25, -0.2) is 0 Å². The lowest BCUT2D eigenvalue weighted by Crippen LogP contribution is -2.80. The summed E-state index contributed by atoms with van der Waals surface area (Å²) in [6.45, 7) is 4.27. The topological polar surface area (TPSA) is 110 Å². The third-order valence-corrected chi connectivity index (χ3v) is 10.2. The molecule has 31 heavy (non-hydrogen) atoms. The number of esters is 1. The first-order chi connectivity index (χ1) is 14.8. The fourth-order valence-corrected chi connectivity index (χ4v) is 9.49. The monoisotopic (exact) mass is 437 g/mol. The second-order valence-corrected chi connectivity index (χ2v) is 10.8. The van der Waals surface area contributed by atoms with Crippen LogP contribution in [0.5, 0.6) is 0 Å². The number of hydrogen-bond donors (Lipinski definition) is 3. The number of hydrogen-bond acceptors (Lipinski definition) is 8. The Kier molecular flexibility index (Phi) is 4.31. The molecule has 13 unspecified atom stereocenters. The first kappa shape index (κ1) is 20.8. The Bertz CT molecular complexity index is 794. The molecule has 4 bridgehead atoms. The lowest BCUT2D eigenvalue weighted by atomic mass is 9.47. The van der Waals surface area contributed by atoms with Crippen molar-refractivity contribution in [2.24, 2.45) is 29.1 Å². The molecule has 0 amide bonds. The lowest BCUT2D eigenvalue weighted by Gasteiger charge is -2.64. The number of rotatable bonds is 5. The molecule has 1 spiro atoms. The van der Waals surface area contributed by atoms with Crippen LogP contribution in [0.25, 0.3) is 0 Å². The minimum Gasteiger partial charge on any atom is -0.462 e. The van der Waals surface area contributed by atoms with Gasteiger partial charge in [0, 0.05) is 63.2 Å². The molecule has 1 saturated heterocycles.